The molecule has 0 saturated heterocycles. The summed E-state index contributed by atoms with van der Waals surface area (Å²) in [5.41, 5.74) is 7.86. The maximum absolute atomic E-state index is 5.57. The van der Waals surface area contributed by atoms with Gasteiger partial charge in [-0.25, -0.2) is 0 Å². The molecule has 0 radical (unpaired) electrons. The van der Waals surface area contributed by atoms with E-state index in [1.807, 2.05) is 12.1 Å². The first-order chi connectivity index (χ1) is 6.31. The third-order valence-corrected chi connectivity index (χ3v) is 2.31. The van der Waals surface area contributed by atoms with E-state index in [2.05, 4.69) is 18.3 Å². The monoisotopic (exact) mass is 178 g/mol. The lowest BCUT2D eigenvalue weighted by molar-refractivity contribution is 0.286. The molecule has 1 aromatic carbocycles. The van der Waals surface area contributed by atoms with Gasteiger partial charge in [0.05, 0.1) is 11.7 Å². The average Bonchev–Trinajstić information content (AvgIpc) is 2.18. The smallest absolute Gasteiger partial charge is 0.142 e. The Morgan fingerprint density at radius 2 is 2.46 bits per heavy atom. The van der Waals surface area contributed by atoms with Crippen molar-refractivity contribution in [3.05, 3.63) is 23.8 Å². The summed E-state index contributed by atoms with van der Waals surface area (Å²) in [5.74, 6) is 0.935. The molecule has 2 rings (SSSR count). The topological polar surface area (TPSA) is 47.3 Å². The molecule has 0 saturated carbocycles. The van der Waals surface area contributed by atoms with Gasteiger partial charge in [0.2, 0.25) is 0 Å². The van der Waals surface area contributed by atoms with Gasteiger partial charge in [-0.2, -0.15) is 0 Å². The largest absolute Gasteiger partial charge is 0.489 e. The van der Waals surface area contributed by atoms with E-state index >= 15 is 0 Å². The number of nitrogens with two attached hydrogens (primary N) is 1. The molecule has 0 aliphatic carbocycles. The van der Waals surface area contributed by atoms with Crippen LogP contribution in [0.3, 0.4) is 0 Å². The van der Waals surface area contributed by atoms with Crippen LogP contribution in [0.1, 0.15) is 5.56 Å². The van der Waals surface area contributed by atoms with Crippen molar-refractivity contribution in [1.29, 1.82) is 0 Å². The van der Waals surface area contributed by atoms with E-state index in [0.717, 1.165) is 11.4 Å². The van der Waals surface area contributed by atoms with Crippen LogP contribution >= 0.6 is 0 Å². The first-order valence-electron chi connectivity index (χ1n) is 4.50. The second kappa shape index (κ2) is 3.26. The minimum Gasteiger partial charge on any atom is -0.489 e. The van der Waals surface area contributed by atoms with E-state index in [4.69, 9.17) is 10.5 Å². The van der Waals surface area contributed by atoms with E-state index in [9.17, 15) is 0 Å². The number of hydrogen-bond acceptors (Lipinski definition) is 3. The molecule has 3 nitrogen and oxygen atoms in total. The molecule has 0 spiro atoms. The van der Waals surface area contributed by atoms with Gasteiger partial charge in [-0.1, -0.05) is 12.1 Å². The van der Waals surface area contributed by atoms with E-state index in [1.165, 1.54) is 5.56 Å². The van der Waals surface area contributed by atoms with Crippen LogP contribution in [0.25, 0.3) is 0 Å². The highest BCUT2D eigenvalue weighted by atomic mass is 16.5. The van der Waals surface area contributed by atoms with Crippen LogP contribution in [0.15, 0.2) is 18.2 Å². The Kier molecular flexibility index (Phi) is 2.10. The van der Waals surface area contributed by atoms with Gasteiger partial charge in [0.25, 0.3) is 0 Å². The number of anilines is 1. The molecule has 1 aliphatic rings. The van der Waals surface area contributed by atoms with Gasteiger partial charge in [-0.3, -0.25) is 0 Å². The predicted molar refractivity (Wildman–Crippen MR) is 53.1 cm³/mol. The number of ether oxygens (including phenoxy) is 1. The number of rotatable bonds is 1. The van der Waals surface area contributed by atoms with Crippen LogP contribution in [0, 0.1) is 6.92 Å². The zero-order chi connectivity index (χ0) is 9.26. The highest BCUT2D eigenvalue weighted by molar-refractivity contribution is 5.63. The maximum atomic E-state index is 5.57. The van der Waals surface area contributed by atoms with E-state index in [0.29, 0.717) is 13.2 Å². The Morgan fingerprint density at radius 3 is 3.23 bits per heavy atom. The summed E-state index contributed by atoms with van der Waals surface area (Å²) < 4.78 is 5.57. The Balaban J connectivity index is 2.32. The van der Waals surface area contributed by atoms with Crippen LogP contribution in [0.2, 0.25) is 0 Å². The van der Waals surface area contributed by atoms with E-state index in [1.54, 1.807) is 0 Å². The number of fused-ring (bicyclic) bond motifs is 1. The zero-order valence-electron chi connectivity index (χ0n) is 7.71. The molecule has 1 unspecified atom stereocenters. The van der Waals surface area contributed by atoms with Crippen molar-refractivity contribution in [2.45, 2.75) is 13.0 Å². The molecule has 1 aromatic rings. The highest BCUT2D eigenvalue weighted by Gasteiger charge is 2.18. The van der Waals surface area contributed by atoms with Gasteiger partial charge in [0.1, 0.15) is 12.4 Å². The van der Waals surface area contributed by atoms with Crippen molar-refractivity contribution in [2.75, 3.05) is 18.5 Å². The summed E-state index contributed by atoms with van der Waals surface area (Å²) in [6.45, 7) is 3.33. The Hall–Kier alpha value is -1.22. The number of nitrogens with one attached hydrogen (secondary N) is 1. The minimum absolute atomic E-state index is 0.244. The Labute approximate surface area is 77.9 Å². The minimum atomic E-state index is 0.244. The lowest BCUT2D eigenvalue weighted by atomic mass is 10.1. The van der Waals surface area contributed by atoms with Crippen LogP contribution in [0.4, 0.5) is 5.69 Å². The summed E-state index contributed by atoms with van der Waals surface area (Å²) in [4.78, 5) is 0. The molecule has 0 amide bonds. The second-order valence-corrected chi connectivity index (χ2v) is 3.34. The van der Waals surface area contributed by atoms with Gasteiger partial charge in [0.15, 0.2) is 0 Å². The molecule has 3 N–H and O–H groups in total. The summed E-state index contributed by atoms with van der Waals surface area (Å²) in [6.07, 6.45) is 0. The van der Waals surface area contributed by atoms with Gasteiger partial charge < -0.3 is 15.8 Å². The average molecular weight is 178 g/mol. The first-order valence-corrected chi connectivity index (χ1v) is 4.50. The highest BCUT2D eigenvalue weighted by Crippen LogP contribution is 2.31. The molecule has 13 heavy (non-hydrogen) atoms. The second-order valence-electron chi connectivity index (χ2n) is 3.34. The SMILES string of the molecule is Cc1cccc2c1NC(CN)CO2. The fourth-order valence-corrected chi connectivity index (χ4v) is 1.51. The molecule has 1 aliphatic heterocycles. The van der Waals surface area contributed by atoms with Gasteiger partial charge in [0, 0.05) is 6.54 Å². The molecule has 1 heterocycles. The third kappa shape index (κ3) is 1.47. The standard InChI is InChI=1S/C10H14N2O/c1-7-3-2-4-9-10(7)12-8(5-11)6-13-9/h2-4,8,12H,5-6,11H2,1H3. The summed E-state index contributed by atoms with van der Waals surface area (Å²) in [7, 11) is 0. The van der Waals surface area contributed by atoms with Gasteiger partial charge >= 0.3 is 0 Å². The number of benzene rings is 1. The molecular weight excluding hydrogens is 164 g/mol. The quantitative estimate of drug-likeness (QED) is 0.677. The van der Waals surface area contributed by atoms with E-state index in [-0.39, 0.29) is 6.04 Å². The molecule has 0 bridgehead atoms. The van der Waals surface area contributed by atoms with Crippen LogP contribution in [-0.4, -0.2) is 19.2 Å². The number of aryl methyl sites for hydroxylation is 1. The van der Waals surface area contributed by atoms with Crippen molar-refractivity contribution in [3.8, 4) is 5.75 Å². The van der Waals surface area contributed by atoms with Crippen molar-refractivity contribution in [1.82, 2.24) is 0 Å². The molecule has 3 heteroatoms. The van der Waals surface area contributed by atoms with Gasteiger partial charge in [-0.15, -0.1) is 0 Å². The van der Waals surface area contributed by atoms with Crippen molar-refractivity contribution < 1.29 is 4.74 Å². The van der Waals surface area contributed by atoms with Crippen LogP contribution in [-0.2, 0) is 0 Å². The normalized spacial score (nSPS) is 20.0. The number of hydrogen-bond donors (Lipinski definition) is 2. The zero-order valence-corrected chi connectivity index (χ0v) is 7.71. The molecule has 0 aromatic heterocycles. The molecule has 1 atom stereocenters. The fourth-order valence-electron chi connectivity index (χ4n) is 1.51. The Bertz CT molecular complexity index is 312. The maximum Gasteiger partial charge on any atom is 0.142 e. The summed E-state index contributed by atoms with van der Waals surface area (Å²) in [5, 5.41) is 3.36. The Morgan fingerprint density at radius 1 is 1.62 bits per heavy atom. The van der Waals surface area contributed by atoms with Crippen LogP contribution in [0.5, 0.6) is 5.75 Å². The van der Waals surface area contributed by atoms with E-state index < -0.39 is 0 Å². The lowest BCUT2D eigenvalue weighted by Crippen LogP contribution is -2.37. The first kappa shape index (κ1) is 8.38. The fraction of sp³-hybridized carbons (Fsp3) is 0.400. The number of para-hydroxylation sites is 1. The predicted octanol–water partition coefficient (Wildman–Crippen LogP) is 1.13. The lowest BCUT2D eigenvalue weighted by Gasteiger charge is -2.27. The molecule has 0 fully saturated rings. The van der Waals surface area contributed by atoms with Crippen molar-refractivity contribution >= 4 is 5.69 Å². The van der Waals surface area contributed by atoms with Crippen molar-refractivity contribution in [3.63, 3.8) is 0 Å². The van der Waals surface area contributed by atoms with Crippen LogP contribution < -0.4 is 15.8 Å². The summed E-state index contributed by atoms with van der Waals surface area (Å²) in [6, 6.07) is 6.28. The third-order valence-electron chi connectivity index (χ3n) is 2.31. The molecular formula is C10H14N2O. The summed E-state index contributed by atoms with van der Waals surface area (Å²) >= 11 is 0. The van der Waals surface area contributed by atoms with Gasteiger partial charge in [-0.05, 0) is 18.6 Å². The molecule has 70 valence electrons. The van der Waals surface area contributed by atoms with Crippen molar-refractivity contribution in [2.24, 2.45) is 5.73 Å².